The van der Waals surface area contributed by atoms with Crippen LogP contribution in [-0.2, 0) is 14.3 Å². The first kappa shape index (κ1) is 21.0. The fourth-order valence-electron chi connectivity index (χ4n) is 2.34. The van der Waals surface area contributed by atoms with Crippen LogP contribution in [0.15, 0.2) is 10.6 Å². The Labute approximate surface area is 152 Å². The van der Waals surface area contributed by atoms with Gasteiger partial charge in [0.25, 0.3) is 0 Å². The lowest BCUT2D eigenvalue weighted by Gasteiger charge is -2.34. The average molecular weight is 364 g/mol. The van der Waals surface area contributed by atoms with E-state index in [1.54, 1.807) is 13.8 Å². The summed E-state index contributed by atoms with van der Waals surface area (Å²) in [5.74, 6) is -1.48. The summed E-state index contributed by atoms with van der Waals surface area (Å²) in [4.78, 5) is 23.9. The van der Waals surface area contributed by atoms with Crippen LogP contribution < -0.4 is 10.6 Å². The van der Waals surface area contributed by atoms with Gasteiger partial charge < -0.3 is 15.4 Å². The molecular weight excluding hydrogens is 340 g/mol. The molecule has 0 aromatic heterocycles. The minimum Gasteiger partial charge on any atom is -0.379 e. The number of carbonyl (C=O) groups is 2. The molecule has 1 aliphatic rings. The molecule has 136 valence electrons. The summed E-state index contributed by atoms with van der Waals surface area (Å²) in [6.45, 7) is 8.36. The zero-order valence-corrected chi connectivity index (χ0v) is 15.8. The molecule has 0 radical (unpaired) electrons. The molecule has 0 bridgehead atoms. The molecule has 0 fully saturated rings. The molecule has 0 saturated heterocycles. The number of carbonyl (C=O) groups excluding carboxylic acids is 2. The predicted octanol–water partition coefficient (Wildman–Crippen LogP) is 1.68. The zero-order chi connectivity index (χ0) is 19.0. The van der Waals surface area contributed by atoms with Crippen LogP contribution >= 0.6 is 11.8 Å². The number of hydrogen-bond acceptors (Lipinski definition) is 6. The van der Waals surface area contributed by atoms with Crippen molar-refractivity contribution in [3.05, 3.63) is 10.6 Å². The largest absolute Gasteiger partial charge is 0.379 e. The van der Waals surface area contributed by atoms with Crippen molar-refractivity contribution in [3.63, 3.8) is 0 Å². The molecule has 25 heavy (non-hydrogen) atoms. The number of thioether (sulfide) groups is 1. The summed E-state index contributed by atoms with van der Waals surface area (Å²) in [6.07, 6.45) is 0.882. The van der Waals surface area contributed by atoms with Crippen LogP contribution in [0.4, 0.5) is 0 Å². The van der Waals surface area contributed by atoms with E-state index in [1.165, 1.54) is 0 Å². The molecule has 0 aliphatic carbocycles. The molecule has 0 aromatic carbocycles. The van der Waals surface area contributed by atoms with Gasteiger partial charge in [-0.15, -0.1) is 0 Å². The normalized spacial score (nSPS) is 19.2. The maximum Gasteiger partial charge on any atom is 0.243 e. The standard InChI is InChI=1S/C17H24N4O3S/c1-11(2)24-7-5-6-20-14(22)10-25-16-13(9-19)17(3,4)12(8-18)15(23)21-16/h11-12H,5-7,10H2,1-4H3,(H,20,22)(H,21,23)/t12-/m1/s1. The molecule has 0 spiro atoms. The number of nitrogens with zero attached hydrogens (tertiary/aromatic N) is 2. The second-order valence-electron chi connectivity index (χ2n) is 6.50. The Morgan fingerprint density at radius 2 is 2.12 bits per heavy atom. The minimum absolute atomic E-state index is 0.0825. The number of amides is 2. The van der Waals surface area contributed by atoms with Gasteiger partial charge in [0.15, 0.2) is 0 Å². The van der Waals surface area contributed by atoms with Gasteiger partial charge in [-0.05, 0) is 20.3 Å². The number of ether oxygens (including phenoxy) is 1. The van der Waals surface area contributed by atoms with E-state index < -0.39 is 17.2 Å². The Morgan fingerprint density at radius 3 is 2.68 bits per heavy atom. The van der Waals surface area contributed by atoms with Crippen molar-refractivity contribution in [1.82, 2.24) is 10.6 Å². The fraction of sp³-hybridized carbons (Fsp3) is 0.647. The van der Waals surface area contributed by atoms with Gasteiger partial charge in [-0.1, -0.05) is 25.6 Å². The van der Waals surface area contributed by atoms with E-state index in [4.69, 9.17) is 10.00 Å². The highest BCUT2D eigenvalue weighted by atomic mass is 32.2. The maximum absolute atomic E-state index is 12.1. The van der Waals surface area contributed by atoms with Crippen LogP contribution in [0.2, 0.25) is 0 Å². The Bertz CT molecular complexity index is 629. The lowest BCUT2D eigenvalue weighted by atomic mass is 9.72. The van der Waals surface area contributed by atoms with E-state index in [1.807, 2.05) is 19.9 Å². The van der Waals surface area contributed by atoms with Gasteiger partial charge in [0.2, 0.25) is 11.8 Å². The Morgan fingerprint density at radius 1 is 1.44 bits per heavy atom. The van der Waals surface area contributed by atoms with Gasteiger partial charge in [-0.25, -0.2) is 0 Å². The van der Waals surface area contributed by atoms with Gasteiger partial charge in [-0.3, -0.25) is 9.59 Å². The van der Waals surface area contributed by atoms with Crippen molar-refractivity contribution >= 4 is 23.6 Å². The van der Waals surface area contributed by atoms with E-state index in [9.17, 15) is 14.9 Å². The molecule has 7 nitrogen and oxygen atoms in total. The Hall–Kier alpha value is -2.03. The van der Waals surface area contributed by atoms with Crippen molar-refractivity contribution in [3.8, 4) is 12.1 Å². The summed E-state index contributed by atoms with van der Waals surface area (Å²) >= 11 is 1.10. The Balaban J connectivity index is 2.59. The molecule has 0 unspecified atom stereocenters. The highest BCUT2D eigenvalue weighted by Gasteiger charge is 2.44. The molecule has 2 amide bonds. The number of nitrogens with one attached hydrogen (secondary N) is 2. The first-order chi connectivity index (χ1) is 11.7. The molecule has 8 heteroatoms. The smallest absolute Gasteiger partial charge is 0.243 e. The van der Waals surface area contributed by atoms with Crippen molar-refractivity contribution in [1.29, 1.82) is 10.5 Å². The maximum atomic E-state index is 12.1. The molecular formula is C17H24N4O3S. The van der Waals surface area contributed by atoms with Crippen molar-refractivity contribution in [2.24, 2.45) is 11.3 Å². The van der Waals surface area contributed by atoms with Crippen LogP contribution in [0.3, 0.4) is 0 Å². The minimum atomic E-state index is -0.929. The lowest BCUT2D eigenvalue weighted by molar-refractivity contribution is -0.125. The predicted molar refractivity (Wildman–Crippen MR) is 94.8 cm³/mol. The summed E-state index contributed by atoms with van der Waals surface area (Å²) in [6, 6.07) is 4.01. The third-order valence-electron chi connectivity index (χ3n) is 3.77. The molecule has 1 rings (SSSR count). The quantitative estimate of drug-likeness (QED) is 0.633. The SMILES string of the molecule is CC(C)OCCCNC(=O)CSC1=C(C#N)C(C)(C)[C@H](C#N)C(=O)N1. The first-order valence-electron chi connectivity index (χ1n) is 8.10. The number of allylic oxidation sites excluding steroid dienone is 1. The summed E-state index contributed by atoms with van der Waals surface area (Å²) in [5.41, 5.74) is -0.569. The highest BCUT2D eigenvalue weighted by molar-refractivity contribution is 8.03. The number of hydrogen-bond donors (Lipinski definition) is 2. The molecule has 0 aromatic rings. The highest BCUT2D eigenvalue weighted by Crippen LogP contribution is 2.41. The monoisotopic (exact) mass is 364 g/mol. The fourth-order valence-corrected chi connectivity index (χ4v) is 3.35. The molecule has 1 heterocycles. The third kappa shape index (κ3) is 5.77. The van der Waals surface area contributed by atoms with Crippen LogP contribution in [0, 0.1) is 34.0 Å². The molecule has 1 atom stereocenters. The average Bonchev–Trinajstić information content (AvgIpc) is 2.51. The molecule has 2 N–H and O–H groups in total. The summed E-state index contributed by atoms with van der Waals surface area (Å²) in [7, 11) is 0. The molecule has 1 aliphatic heterocycles. The van der Waals surface area contributed by atoms with Crippen molar-refractivity contribution in [2.45, 2.75) is 40.2 Å². The van der Waals surface area contributed by atoms with E-state index in [-0.39, 0.29) is 17.8 Å². The summed E-state index contributed by atoms with van der Waals surface area (Å²) in [5, 5.41) is 24.3. The van der Waals surface area contributed by atoms with Crippen molar-refractivity contribution in [2.75, 3.05) is 18.9 Å². The van der Waals surface area contributed by atoms with Gasteiger partial charge in [0, 0.05) is 18.6 Å². The van der Waals surface area contributed by atoms with E-state index >= 15 is 0 Å². The lowest BCUT2D eigenvalue weighted by Crippen LogP contribution is -2.44. The third-order valence-corrected chi connectivity index (χ3v) is 4.78. The van der Waals surface area contributed by atoms with Gasteiger partial charge >= 0.3 is 0 Å². The van der Waals surface area contributed by atoms with Gasteiger partial charge in [0.1, 0.15) is 5.92 Å². The van der Waals surface area contributed by atoms with Crippen LogP contribution in [0.1, 0.15) is 34.1 Å². The van der Waals surface area contributed by atoms with Crippen molar-refractivity contribution < 1.29 is 14.3 Å². The van der Waals surface area contributed by atoms with Crippen LogP contribution in [0.25, 0.3) is 0 Å². The second-order valence-corrected chi connectivity index (χ2v) is 7.49. The summed E-state index contributed by atoms with van der Waals surface area (Å²) < 4.78 is 5.39. The van der Waals surface area contributed by atoms with Gasteiger partial charge in [0.05, 0.1) is 34.6 Å². The Kier molecular flexibility index (Phi) is 7.95. The number of nitriles is 2. The number of rotatable bonds is 8. The van der Waals surface area contributed by atoms with Crippen LogP contribution in [-0.4, -0.2) is 36.8 Å². The van der Waals surface area contributed by atoms with Crippen LogP contribution in [0.5, 0.6) is 0 Å². The molecule has 0 saturated carbocycles. The van der Waals surface area contributed by atoms with Gasteiger partial charge in [-0.2, -0.15) is 10.5 Å². The topological polar surface area (TPSA) is 115 Å². The van der Waals surface area contributed by atoms with E-state index in [2.05, 4.69) is 16.7 Å². The first-order valence-corrected chi connectivity index (χ1v) is 9.09. The zero-order valence-electron chi connectivity index (χ0n) is 15.0. The van der Waals surface area contributed by atoms with E-state index in [0.29, 0.717) is 30.2 Å². The van der Waals surface area contributed by atoms with E-state index in [0.717, 1.165) is 11.8 Å². The second kappa shape index (κ2) is 9.45.